The second kappa shape index (κ2) is 7.06. The molecule has 2 rings (SSSR count). The van der Waals surface area contributed by atoms with Gasteiger partial charge in [0.2, 0.25) is 0 Å². The summed E-state index contributed by atoms with van der Waals surface area (Å²) in [6.07, 6.45) is 1.88. The zero-order chi connectivity index (χ0) is 14.5. The summed E-state index contributed by atoms with van der Waals surface area (Å²) in [5, 5.41) is 7.83. The molecule has 1 fully saturated rings. The minimum Gasteiger partial charge on any atom is -0.493 e. The molecule has 20 heavy (non-hydrogen) atoms. The van der Waals surface area contributed by atoms with E-state index in [0.29, 0.717) is 0 Å². The van der Waals surface area contributed by atoms with Gasteiger partial charge in [0.25, 0.3) is 0 Å². The Labute approximate surface area is 121 Å². The van der Waals surface area contributed by atoms with E-state index in [0.717, 1.165) is 44.2 Å². The zero-order valence-corrected chi connectivity index (χ0v) is 12.9. The number of likely N-dealkylation sites (N-methyl/N-ethyl adjacent to an activating group) is 2. The van der Waals surface area contributed by atoms with Crippen molar-refractivity contribution in [2.24, 2.45) is 7.05 Å². The first kappa shape index (κ1) is 15.3. The Morgan fingerprint density at radius 2 is 2.35 bits per heavy atom. The topological polar surface area (TPSA) is 51.5 Å². The highest BCUT2D eigenvalue weighted by Crippen LogP contribution is 2.29. The highest BCUT2D eigenvalue weighted by atomic mass is 16.5. The van der Waals surface area contributed by atoms with Gasteiger partial charge in [-0.05, 0) is 13.1 Å². The maximum atomic E-state index is 6.00. The molecule has 0 amide bonds. The van der Waals surface area contributed by atoms with Gasteiger partial charge in [-0.1, -0.05) is 13.8 Å². The van der Waals surface area contributed by atoms with Gasteiger partial charge in [0.05, 0.1) is 37.8 Å². The average molecular weight is 282 g/mol. The van der Waals surface area contributed by atoms with Crippen molar-refractivity contribution in [2.45, 2.75) is 26.0 Å². The summed E-state index contributed by atoms with van der Waals surface area (Å²) in [7, 11) is 3.63. The summed E-state index contributed by atoms with van der Waals surface area (Å²) in [5.41, 5.74) is 1.05. The number of rotatable bonds is 6. The molecule has 0 spiro atoms. The van der Waals surface area contributed by atoms with Crippen molar-refractivity contribution in [3.05, 3.63) is 11.9 Å². The Hall–Kier alpha value is -1.11. The fourth-order valence-electron chi connectivity index (χ4n) is 2.78. The molecular formula is C14H26N4O2. The Bertz CT molecular complexity index is 421. The third-order valence-corrected chi connectivity index (χ3v) is 3.88. The quantitative estimate of drug-likeness (QED) is 0.836. The van der Waals surface area contributed by atoms with Crippen molar-refractivity contribution in [2.75, 3.05) is 39.9 Å². The van der Waals surface area contributed by atoms with Gasteiger partial charge in [-0.15, -0.1) is 0 Å². The van der Waals surface area contributed by atoms with Gasteiger partial charge in [-0.3, -0.25) is 9.58 Å². The summed E-state index contributed by atoms with van der Waals surface area (Å²) in [5.74, 6) is 0.815. The molecule has 1 saturated heterocycles. The first-order chi connectivity index (χ1) is 9.71. The molecule has 1 aliphatic rings. The van der Waals surface area contributed by atoms with Gasteiger partial charge in [-0.2, -0.15) is 5.10 Å². The Kier molecular flexibility index (Phi) is 5.39. The molecule has 114 valence electrons. The highest BCUT2D eigenvalue weighted by molar-refractivity contribution is 5.29. The summed E-state index contributed by atoms with van der Waals surface area (Å²) in [4.78, 5) is 2.42. The molecule has 0 aromatic carbocycles. The molecule has 1 aliphatic heterocycles. The van der Waals surface area contributed by atoms with E-state index in [1.165, 1.54) is 0 Å². The van der Waals surface area contributed by atoms with E-state index >= 15 is 0 Å². The molecule has 2 atom stereocenters. The maximum Gasteiger partial charge on any atom is 0.161 e. The van der Waals surface area contributed by atoms with Crippen LogP contribution in [0.5, 0.6) is 5.75 Å². The number of methoxy groups -OCH3 is 1. The van der Waals surface area contributed by atoms with Crippen LogP contribution in [0.15, 0.2) is 6.20 Å². The second-order valence-corrected chi connectivity index (χ2v) is 5.06. The smallest absolute Gasteiger partial charge is 0.161 e. The van der Waals surface area contributed by atoms with Gasteiger partial charge in [-0.25, -0.2) is 0 Å². The van der Waals surface area contributed by atoms with Crippen LogP contribution in [-0.2, 0) is 11.8 Å². The molecule has 6 heteroatoms. The maximum absolute atomic E-state index is 6.00. The van der Waals surface area contributed by atoms with Crippen LogP contribution in [-0.4, -0.2) is 60.7 Å². The minimum atomic E-state index is 0.0943. The van der Waals surface area contributed by atoms with E-state index in [1.807, 2.05) is 11.7 Å². The second-order valence-electron chi connectivity index (χ2n) is 5.06. The predicted molar refractivity (Wildman–Crippen MR) is 78.0 cm³/mol. The molecule has 0 aliphatic carbocycles. The van der Waals surface area contributed by atoms with E-state index in [4.69, 9.17) is 9.47 Å². The van der Waals surface area contributed by atoms with E-state index in [-0.39, 0.29) is 12.1 Å². The number of nitrogens with one attached hydrogen (secondary N) is 1. The Morgan fingerprint density at radius 3 is 3.00 bits per heavy atom. The summed E-state index contributed by atoms with van der Waals surface area (Å²) >= 11 is 0. The van der Waals surface area contributed by atoms with Gasteiger partial charge >= 0.3 is 0 Å². The lowest BCUT2D eigenvalue weighted by molar-refractivity contribution is -0.0469. The molecule has 2 unspecified atom stereocenters. The van der Waals surface area contributed by atoms with Crippen molar-refractivity contribution in [1.82, 2.24) is 20.0 Å². The first-order valence-corrected chi connectivity index (χ1v) is 7.34. The van der Waals surface area contributed by atoms with Crippen LogP contribution < -0.4 is 10.1 Å². The molecule has 1 N–H and O–H groups in total. The van der Waals surface area contributed by atoms with Crippen LogP contribution in [0.25, 0.3) is 0 Å². The van der Waals surface area contributed by atoms with E-state index < -0.39 is 0 Å². The monoisotopic (exact) mass is 282 g/mol. The van der Waals surface area contributed by atoms with Gasteiger partial charge in [0.15, 0.2) is 5.75 Å². The zero-order valence-electron chi connectivity index (χ0n) is 12.9. The number of aryl methyl sites for hydroxylation is 1. The first-order valence-electron chi connectivity index (χ1n) is 7.34. The molecule has 0 saturated carbocycles. The molecule has 1 aromatic rings. The predicted octanol–water partition coefficient (Wildman–Crippen LogP) is 0.800. The summed E-state index contributed by atoms with van der Waals surface area (Å²) in [6, 6.07) is 0.0943. The third-order valence-electron chi connectivity index (χ3n) is 3.88. The molecule has 2 heterocycles. The van der Waals surface area contributed by atoms with Crippen LogP contribution in [0.1, 0.15) is 25.6 Å². The number of nitrogens with zero attached hydrogens (tertiary/aromatic N) is 3. The van der Waals surface area contributed by atoms with Crippen LogP contribution in [0.3, 0.4) is 0 Å². The third kappa shape index (κ3) is 3.13. The SMILES string of the molecule is CCNC(c1c(OC)cnn1C)C1CN(CC)CCO1. The average Bonchev–Trinajstić information content (AvgIpc) is 2.85. The van der Waals surface area contributed by atoms with E-state index in [2.05, 4.69) is 29.2 Å². The van der Waals surface area contributed by atoms with E-state index in [1.54, 1.807) is 13.3 Å². The molecule has 1 aromatic heterocycles. The number of hydrogen-bond donors (Lipinski definition) is 1. The van der Waals surface area contributed by atoms with Crippen molar-refractivity contribution in [3.63, 3.8) is 0 Å². The van der Waals surface area contributed by atoms with Crippen LogP contribution in [0.4, 0.5) is 0 Å². The lowest BCUT2D eigenvalue weighted by atomic mass is 10.0. The fraction of sp³-hybridized carbons (Fsp3) is 0.786. The number of aromatic nitrogens is 2. The summed E-state index contributed by atoms with van der Waals surface area (Å²) < 4.78 is 13.3. The van der Waals surface area contributed by atoms with Crippen molar-refractivity contribution < 1.29 is 9.47 Å². The lowest BCUT2D eigenvalue weighted by Gasteiger charge is -2.37. The highest BCUT2D eigenvalue weighted by Gasteiger charge is 2.32. The Morgan fingerprint density at radius 1 is 1.55 bits per heavy atom. The minimum absolute atomic E-state index is 0.0943. The fourth-order valence-corrected chi connectivity index (χ4v) is 2.78. The van der Waals surface area contributed by atoms with Crippen LogP contribution in [0.2, 0.25) is 0 Å². The summed E-state index contributed by atoms with van der Waals surface area (Å²) in [6.45, 7) is 8.95. The lowest BCUT2D eigenvalue weighted by Crippen LogP contribution is -2.48. The number of morpholine rings is 1. The molecule has 6 nitrogen and oxygen atoms in total. The number of ether oxygens (including phenoxy) is 2. The standard InChI is InChI=1S/C14H26N4O2/c1-5-15-13(12-10-18(6-2)7-8-20-12)14-11(19-4)9-16-17(14)3/h9,12-13,15H,5-8,10H2,1-4H3. The van der Waals surface area contributed by atoms with Crippen LogP contribution in [0, 0.1) is 0 Å². The molecule has 0 radical (unpaired) electrons. The van der Waals surface area contributed by atoms with Gasteiger partial charge < -0.3 is 14.8 Å². The Balaban J connectivity index is 2.23. The number of hydrogen-bond acceptors (Lipinski definition) is 5. The van der Waals surface area contributed by atoms with E-state index in [9.17, 15) is 0 Å². The van der Waals surface area contributed by atoms with Crippen molar-refractivity contribution in [3.8, 4) is 5.75 Å². The molecular weight excluding hydrogens is 256 g/mol. The van der Waals surface area contributed by atoms with Crippen molar-refractivity contribution >= 4 is 0 Å². The van der Waals surface area contributed by atoms with Crippen LogP contribution >= 0.6 is 0 Å². The van der Waals surface area contributed by atoms with Gasteiger partial charge in [0, 0.05) is 20.1 Å². The normalized spacial score (nSPS) is 21.9. The van der Waals surface area contributed by atoms with Gasteiger partial charge in [0.1, 0.15) is 0 Å². The largest absolute Gasteiger partial charge is 0.493 e. The molecule has 0 bridgehead atoms. The van der Waals surface area contributed by atoms with Crippen molar-refractivity contribution in [1.29, 1.82) is 0 Å².